The molecule has 42 heteroatoms. The van der Waals surface area contributed by atoms with E-state index in [1.807, 2.05) is 19.6 Å². The van der Waals surface area contributed by atoms with Crippen LogP contribution in [0.1, 0.15) is 135 Å². The van der Waals surface area contributed by atoms with Gasteiger partial charge in [-0.25, -0.2) is 5.01 Å². The van der Waals surface area contributed by atoms with Crippen molar-refractivity contribution >= 4 is 88.2 Å². The van der Waals surface area contributed by atoms with Gasteiger partial charge in [-0.05, 0) is 45.3 Å². The number of ketones is 3. The van der Waals surface area contributed by atoms with Crippen LogP contribution in [0.2, 0.25) is 0 Å². The molecule has 0 saturated heterocycles. The van der Waals surface area contributed by atoms with Crippen molar-refractivity contribution in [3.05, 3.63) is 0 Å². The first kappa shape index (κ1) is 107. The van der Waals surface area contributed by atoms with Crippen LogP contribution in [-0.2, 0) is 71.9 Å². The molecule has 0 spiro atoms. The Morgan fingerprint density at radius 2 is 0.452 bits per heavy atom. The minimum absolute atomic E-state index is 0.0230. The van der Waals surface area contributed by atoms with Gasteiger partial charge in [-0.3, -0.25) is 87.1 Å². The van der Waals surface area contributed by atoms with E-state index in [-0.39, 0.29) is 299 Å². The van der Waals surface area contributed by atoms with Crippen molar-refractivity contribution in [2.24, 2.45) is 45.9 Å². The number of nitrogens with one attached hydrogen (secondary N) is 12. The highest BCUT2D eigenvalue weighted by Crippen LogP contribution is 2.09. The smallest absolute Gasteiger partial charge is 0.248 e. The van der Waals surface area contributed by atoms with Gasteiger partial charge in [-0.1, -0.05) is 6.92 Å². The van der Waals surface area contributed by atoms with E-state index in [1.165, 1.54) is 9.91 Å². The average Bonchev–Trinajstić information content (AvgIpc) is 0.916. The Morgan fingerprint density at radius 3 is 0.757 bits per heavy atom. The second-order valence-corrected chi connectivity index (χ2v) is 27.6. The molecule has 0 radical (unpaired) electrons. The summed E-state index contributed by atoms with van der Waals surface area (Å²) in [7, 11) is 0. The summed E-state index contributed by atoms with van der Waals surface area (Å²) >= 11 is 0. The van der Waals surface area contributed by atoms with Crippen LogP contribution in [0.4, 0.5) is 0 Å². The van der Waals surface area contributed by atoms with Gasteiger partial charge in [-0.15, -0.1) is 0 Å². The van der Waals surface area contributed by atoms with Crippen molar-refractivity contribution in [2.75, 3.05) is 242 Å². The van der Waals surface area contributed by atoms with Crippen LogP contribution in [-0.4, -0.2) is 365 Å². The summed E-state index contributed by atoms with van der Waals surface area (Å²) < 4.78 is 0. The van der Waals surface area contributed by atoms with E-state index in [9.17, 15) is 71.9 Å². The summed E-state index contributed by atoms with van der Waals surface area (Å²) in [6.45, 7) is 8.60. The van der Waals surface area contributed by atoms with Gasteiger partial charge in [0, 0.05) is 299 Å². The number of carbonyl (C=O) groups is 15. The molecule has 0 rings (SSSR count). The normalized spacial score (nSPS) is 11.3. The molecule has 0 aromatic heterocycles. The van der Waals surface area contributed by atoms with Crippen molar-refractivity contribution < 1.29 is 71.9 Å². The third-order valence-electron chi connectivity index (χ3n) is 17.7. The zero-order valence-electron chi connectivity index (χ0n) is 68.7. The Hall–Kier alpha value is -7.95. The quantitative estimate of drug-likeness (QED) is 0.0199. The second kappa shape index (κ2) is 72.5. The highest BCUT2D eigenvalue weighted by molar-refractivity contribution is 5.84. The molecular formula is C73H145N27O15. The average molecular weight is 1640 g/mol. The summed E-state index contributed by atoms with van der Waals surface area (Å²) in [4.78, 5) is 207. The zero-order chi connectivity index (χ0) is 85.5. The first-order chi connectivity index (χ1) is 55.3. The third kappa shape index (κ3) is 64.9. The van der Waals surface area contributed by atoms with Crippen LogP contribution in [0, 0.1) is 0 Å². The molecule has 0 aromatic carbocycles. The van der Waals surface area contributed by atoms with Gasteiger partial charge in [0.2, 0.25) is 70.9 Å². The molecule has 0 heterocycles. The Kier molecular flexibility index (Phi) is 67.5. The first-order valence-electron chi connectivity index (χ1n) is 40.8. The fourth-order valence-corrected chi connectivity index (χ4v) is 11.2. The van der Waals surface area contributed by atoms with Gasteiger partial charge < -0.3 is 124 Å². The Labute approximate surface area is 679 Å². The number of rotatable bonds is 78. The topological polar surface area (TPSA) is 631 Å². The number of hydrazine groups is 1. The monoisotopic (exact) mass is 1640 g/mol. The van der Waals surface area contributed by atoms with Gasteiger partial charge in [0.25, 0.3) is 0 Å². The summed E-state index contributed by atoms with van der Waals surface area (Å²) in [5.74, 6) is -4.35. The first-order valence-corrected chi connectivity index (χ1v) is 40.8. The van der Waals surface area contributed by atoms with Gasteiger partial charge in [0.1, 0.15) is 17.3 Å². The molecule has 0 aromatic rings. The maximum atomic E-state index is 14.3. The van der Waals surface area contributed by atoms with Crippen molar-refractivity contribution in [3.63, 3.8) is 0 Å². The number of hydrogen-bond donors (Lipinski definition) is 20. The second-order valence-electron chi connectivity index (χ2n) is 27.6. The molecule has 12 amide bonds. The Bertz CT molecular complexity index is 2540. The van der Waals surface area contributed by atoms with E-state index in [4.69, 9.17) is 45.9 Å². The molecule has 42 nitrogen and oxygen atoms in total. The largest absolute Gasteiger partial charge is 0.355 e. The van der Waals surface area contributed by atoms with Gasteiger partial charge >= 0.3 is 0 Å². The molecule has 0 saturated carbocycles. The lowest BCUT2D eigenvalue weighted by Gasteiger charge is -2.27. The van der Waals surface area contributed by atoms with Gasteiger partial charge in [0.05, 0.1) is 26.4 Å². The van der Waals surface area contributed by atoms with E-state index in [1.54, 1.807) is 11.8 Å². The lowest BCUT2D eigenvalue weighted by molar-refractivity contribution is -0.131. The van der Waals surface area contributed by atoms with Crippen molar-refractivity contribution in [1.82, 2.24) is 98.3 Å². The van der Waals surface area contributed by atoms with Crippen LogP contribution < -0.4 is 110 Å². The zero-order valence-corrected chi connectivity index (χ0v) is 68.7. The molecule has 0 aliphatic rings. The van der Waals surface area contributed by atoms with Crippen LogP contribution in [0.25, 0.3) is 0 Å². The number of nitrogens with zero attached hydrogens (tertiary/aromatic N) is 7. The van der Waals surface area contributed by atoms with Crippen LogP contribution in [0.3, 0.4) is 0 Å². The number of nitrogens with two attached hydrogens (primary N) is 8. The van der Waals surface area contributed by atoms with E-state index >= 15 is 0 Å². The third-order valence-corrected chi connectivity index (χ3v) is 17.7. The number of amides is 12. The van der Waals surface area contributed by atoms with E-state index < -0.39 is 36.7 Å². The summed E-state index contributed by atoms with van der Waals surface area (Å²) in [5, 5.41) is 31.9. The lowest BCUT2D eigenvalue weighted by Crippen LogP contribution is -2.52. The summed E-state index contributed by atoms with van der Waals surface area (Å²) in [5.41, 5.74) is 47.4. The molecule has 115 heavy (non-hydrogen) atoms. The molecular weight excluding hydrogens is 1490 g/mol. The highest BCUT2D eigenvalue weighted by Gasteiger charge is 2.23. The fraction of sp³-hybridized carbons (Fsp3) is 0.795. The molecule has 0 aliphatic carbocycles. The lowest BCUT2D eigenvalue weighted by atomic mass is 10.1. The Morgan fingerprint density at radius 1 is 0.209 bits per heavy atom. The van der Waals surface area contributed by atoms with Crippen LogP contribution in [0.15, 0.2) is 0 Å². The number of hydrogen-bond acceptors (Lipinski definition) is 30. The van der Waals surface area contributed by atoms with E-state index in [0.29, 0.717) is 124 Å². The molecule has 0 unspecified atom stereocenters. The SMILES string of the molecule is CCCC(=O)NCN(CC(=O)NCN(CCC(=O)NCCN(CCC(=O)NCCN)CCC(=O)NCCN)CCC(=O)NCCN(CCC(=O)NCCN)CCC(=O)NCCN)CC(=O)NN(CCC(=O)CCCN(CCC(=O)CCCN)CCC(=O)NCCN)CCC(=O)CCCN(CCC(=O)NCCN)CCC(=O)NCCN. The molecule has 662 valence electrons. The van der Waals surface area contributed by atoms with Gasteiger partial charge in [-0.2, -0.15) is 0 Å². The Balaban J connectivity index is 6.98. The minimum Gasteiger partial charge on any atom is -0.355 e. The molecule has 28 N–H and O–H groups in total. The summed E-state index contributed by atoms with van der Waals surface area (Å²) in [6.07, 6.45) is 3.16. The predicted octanol–water partition coefficient (Wildman–Crippen LogP) is -9.48. The maximum Gasteiger partial charge on any atom is 0.248 e. The molecule has 0 bridgehead atoms. The number of Topliss-reactive ketones (excluding diaryl/α,β-unsaturated/α-hetero) is 3. The standard InChI is InChI=1S/C73H145N27O15/c1-2-6-62(104)91-58-99(56-73(115)93-100(51-11-60(102)8-4-39-94(41-10-59(101)7-3-22-74)42-13-63(105)82-30-23-75)52-12-61(103)9-5-40-95(43-14-64(106)83-31-24-76)44-15-65(107)84-32-25-77)55-72(114)92-57-98(49-20-70(112)89-37-53-96(45-16-66(108)85-33-26-78)46-17-67(109)86-34-27-79)50-21-71(113)90-38-54-97(47-18-68(110)87-35-28-80)48-19-69(111)88-36-29-81/h2-58,74-81H2,1H3,(H,82,105)(H,83,106)(H,84,107)(H,85,108)(H,86,109)(H,87,110)(H,88,111)(H,89,112)(H,90,113)(H,91,104)(H,92,114)(H,93,115). The molecule has 0 aliphatic heterocycles. The summed E-state index contributed by atoms with van der Waals surface area (Å²) in [6, 6.07) is 0. The maximum absolute atomic E-state index is 14.3. The highest BCUT2D eigenvalue weighted by atomic mass is 16.2. The minimum atomic E-state index is -0.668. The van der Waals surface area contributed by atoms with Crippen LogP contribution in [0.5, 0.6) is 0 Å². The van der Waals surface area contributed by atoms with Crippen molar-refractivity contribution in [1.29, 1.82) is 0 Å². The molecule has 0 fully saturated rings. The van der Waals surface area contributed by atoms with Crippen molar-refractivity contribution in [2.45, 2.75) is 135 Å². The van der Waals surface area contributed by atoms with Crippen LogP contribution >= 0.6 is 0 Å². The van der Waals surface area contributed by atoms with Gasteiger partial charge in [0.15, 0.2) is 0 Å². The van der Waals surface area contributed by atoms with Crippen molar-refractivity contribution in [3.8, 4) is 0 Å². The fourth-order valence-electron chi connectivity index (χ4n) is 11.2. The van der Waals surface area contributed by atoms with E-state index in [0.717, 1.165) is 0 Å². The molecule has 0 atom stereocenters. The predicted molar refractivity (Wildman–Crippen MR) is 437 cm³/mol. The number of carbonyl (C=O) groups excluding carboxylic acids is 15. The van der Waals surface area contributed by atoms with E-state index in [2.05, 4.69) is 63.9 Å².